The molecule has 1 aliphatic rings. The average molecular weight is 267 g/mol. The molecule has 0 heterocycles. The number of benzene rings is 1. The Balaban J connectivity index is 2.11. The molecule has 0 atom stereocenters. The van der Waals surface area contributed by atoms with Crippen LogP contribution in [-0.2, 0) is 0 Å². The fraction of sp³-hybridized carbons (Fsp3) is 0.500. The summed E-state index contributed by atoms with van der Waals surface area (Å²) in [5, 5.41) is 6.58. The molecule has 18 heavy (non-hydrogen) atoms. The smallest absolute Gasteiger partial charge is 0.252 e. The Labute approximate surface area is 113 Å². The van der Waals surface area contributed by atoms with Crippen molar-refractivity contribution in [2.24, 2.45) is 0 Å². The van der Waals surface area contributed by atoms with Crippen molar-refractivity contribution in [3.63, 3.8) is 0 Å². The van der Waals surface area contributed by atoms with Gasteiger partial charge in [0.05, 0.1) is 10.6 Å². The van der Waals surface area contributed by atoms with Gasteiger partial charge in [-0.3, -0.25) is 4.79 Å². The molecule has 0 bridgehead atoms. The number of hydrogen-bond donors (Lipinski definition) is 2. The summed E-state index contributed by atoms with van der Waals surface area (Å²) in [6, 6.07) is 6.06. The molecule has 0 unspecified atom stereocenters. The first kappa shape index (κ1) is 13.2. The lowest BCUT2D eigenvalue weighted by Crippen LogP contribution is -2.23. The van der Waals surface area contributed by atoms with Crippen molar-refractivity contribution in [3.8, 4) is 0 Å². The molecule has 1 aromatic carbocycles. The van der Waals surface area contributed by atoms with Crippen LogP contribution in [0.4, 0.5) is 5.69 Å². The lowest BCUT2D eigenvalue weighted by atomic mass is 9.95. The first-order valence-corrected chi connectivity index (χ1v) is 6.86. The maximum absolute atomic E-state index is 11.7. The fourth-order valence-electron chi connectivity index (χ4n) is 2.41. The molecule has 1 aliphatic carbocycles. The Bertz CT molecular complexity index is 428. The molecule has 0 saturated heterocycles. The van der Waals surface area contributed by atoms with E-state index in [1.54, 1.807) is 13.1 Å². The second-order valence-corrected chi connectivity index (χ2v) is 5.16. The van der Waals surface area contributed by atoms with Gasteiger partial charge in [0.1, 0.15) is 0 Å². The zero-order chi connectivity index (χ0) is 13.0. The van der Waals surface area contributed by atoms with Crippen LogP contribution in [-0.4, -0.2) is 19.0 Å². The van der Waals surface area contributed by atoms with Gasteiger partial charge in [-0.15, -0.1) is 0 Å². The van der Waals surface area contributed by atoms with Gasteiger partial charge in [-0.05, 0) is 31.0 Å². The second-order valence-electron chi connectivity index (χ2n) is 4.75. The fourth-order valence-corrected chi connectivity index (χ4v) is 2.61. The van der Waals surface area contributed by atoms with Gasteiger partial charge in [0, 0.05) is 18.8 Å². The molecule has 98 valence electrons. The Kier molecular flexibility index (Phi) is 4.48. The van der Waals surface area contributed by atoms with Crippen LogP contribution in [0.15, 0.2) is 18.2 Å². The lowest BCUT2D eigenvalue weighted by molar-refractivity contribution is 0.0963. The summed E-state index contributed by atoms with van der Waals surface area (Å²) in [6.07, 6.45) is 6.32. The van der Waals surface area contributed by atoms with Gasteiger partial charge >= 0.3 is 0 Å². The van der Waals surface area contributed by atoms with Crippen molar-refractivity contribution >= 4 is 23.2 Å². The van der Waals surface area contributed by atoms with Gasteiger partial charge in [0.25, 0.3) is 5.91 Å². The van der Waals surface area contributed by atoms with E-state index in [2.05, 4.69) is 10.6 Å². The molecule has 0 aromatic heterocycles. The van der Waals surface area contributed by atoms with Crippen LogP contribution < -0.4 is 10.6 Å². The molecule has 0 aliphatic heterocycles. The van der Waals surface area contributed by atoms with E-state index in [4.69, 9.17) is 11.6 Å². The van der Waals surface area contributed by atoms with Crippen LogP contribution in [0.3, 0.4) is 0 Å². The van der Waals surface area contributed by atoms with Crippen LogP contribution in [0.1, 0.15) is 42.5 Å². The van der Waals surface area contributed by atoms with Crippen molar-refractivity contribution in [1.29, 1.82) is 0 Å². The number of carbonyl (C=O) groups is 1. The maximum Gasteiger partial charge on any atom is 0.252 e. The third-order valence-electron chi connectivity index (χ3n) is 3.41. The minimum Gasteiger partial charge on any atom is -0.382 e. The molecule has 2 N–H and O–H groups in total. The van der Waals surface area contributed by atoms with Gasteiger partial charge in [-0.25, -0.2) is 0 Å². The summed E-state index contributed by atoms with van der Waals surface area (Å²) >= 11 is 6.02. The number of nitrogens with one attached hydrogen (secondary N) is 2. The van der Waals surface area contributed by atoms with Crippen LogP contribution in [0.5, 0.6) is 0 Å². The van der Waals surface area contributed by atoms with Gasteiger partial charge in [-0.2, -0.15) is 0 Å². The Morgan fingerprint density at radius 3 is 2.67 bits per heavy atom. The van der Waals surface area contributed by atoms with E-state index in [1.165, 1.54) is 32.1 Å². The molecule has 1 fully saturated rings. The van der Waals surface area contributed by atoms with E-state index in [9.17, 15) is 4.79 Å². The highest BCUT2D eigenvalue weighted by atomic mass is 35.5. The second kappa shape index (κ2) is 6.10. The third-order valence-corrected chi connectivity index (χ3v) is 3.74. The van der Waals surface area contributed by atoms with Crippen molar-refractivity contribution in [3.05, 3.63) is 28.8 Å². The van der Waals surface area contributed by atoms with Gasteiger partial charge in [0.15, 0.2) is 0 Å². The first-order chi connectivity index (χ1) is 8.70. The molecule has 2 rings (SSSR count). The van der Waals surface area contributed by atoms with E-state index < -0.39 is 0 Å². The highest BCUT2D eigenvalue weighted by molar-refractivity contribution is 6.34. The molecule has 1 aromatic rings. The number of anilines is 1. The summed E-state index contributed by atoms with van der Waals surface area (Å²) < 4.78 is 0. The standard InChI is InChI=1S/C14H19ClN2O/c1-16-14(18)12-9-11(7-8-13(12)15)17-10-5-3-2-4-6-10/h7-10,17H,2-6H2,1H3,(H,16,18). The molecule has 4 heteroatoms. The zero-order valence-electron chi connectivity index (χ0n) is 10.6. The normalized spacial score (nSPS) is 16.3. The lowest BCUT2D eigenvalue weighted by Gasteiger charge is -2.24. The van der Waals surface area contributed by atoms with E-state index >= 15 is 0 Å². The summed E-state index contributed by atoms with van der Waals surface area (Å²) in [4.78, 5) is 11.7. The number of amides is 1. The van der Waals surface area contributed by atoms with Crippen molar-refractivity contribution < 1.29 is 4.79 Å². The predicted octanol–water partition coefficient (Wildman–Crippen LogP) is 3.44. The number of hydrogen-bond acceptors (Lipinski definition) is 2. The quantitative estimate of drug-likeness (QED) is 0.880. The van der Waals surface area contributed by atoms with Gasteiger partial charge in [-0.1, -0.05) is 30.9 Å². The Hall–Kier alpha value is -1.22. The van der Waals surface area contributed by atoms with Gasteiger partial charge < -0.3 is 10.6 Å². The Morgan fingerprint density at radius 1 is 1.28 bits per heavy atom. The summed E-state index contributed by atoms with van der Waals surface area (Å²) in [6.45, 7) is 0. The molecule has 1 saturated carbocycles. The van der Waals surface area contributed by atoms with Crippen LogP contribution >= 0.6 is 11.6 Å². The van der Waals surface area contributed by atoms with Crippen molar-refractivity contribution in [2.75, 3.05) is 12.4 Å². The number of rotatable bonds is 3. The van der Waals surface area contributed by atoms with Crippen LogP contribution in [0.25, 0.3) is 0 Å². The zero-order valence-corrected chi connectivity index (χ0v) is 11.4. The maximum atomic E-state index is 11.7. The van der Waals surface area contributed by atoms with Crippen LogP contribution in [0.2, 0.25) is 5.02 Å². The molecule has 0 spiro atoms. The molecular formula is C14H19ClN2O. The van der Waals surface area contributed by atoms with E-state index in [0.717, 1.165) is 5.69 Å². The van der Waals surface area contributed by atoms with E-state index in [1.807, 2.05) is 12.1 Å². The minimum absolute atomic E-state index is 0.146. The number of halogens is 1. The summed E-state index contributed by atoms with van der Waals surface area (Å²) in [5.41, 5.74) is 1.50. The van der Waals surface area contributed by atoms with Crippen LogP contribution in [0, 0.1) is 0 Å². The summed E-state index contributed by atoms with van der Waals surface area (Å²) in [7, 11) is 1.61. The third kappa shape index (κ3) is 3.16. The van der Waals surface area contributed by atoms with E-state index in [-0.39, 0.29) is 5.91 Å². The Morgan fingerprint density at radius 2 is 2.00 bits per heavy atom. The first-order valence-electron chi connectivity index (χ1n) is 6.49. The molecular weight excluding hydrogens is 248 g/mol. The van der Waals surface area contributed by atoms with Crippen molar-refractivity contribution in [1.82, 2.24) is 5.32 Å². The number of carbonyl (C=O) groups excluding carboxylic acids is 1. The predicted molar refractivity (Wildman–Crippen MR) is 75.3 cm³/mol. The van der Waals surface area contributed by atoms with Gasteiger partial charge in [0.2, 0.25) is 0 Å². The average Bonchev–Trinajstić information content (AvgIpc) is 2.41. The molecule has 0 radical (unpaired) electrons. The summed E-state index contributed by atoms with van der Waals surface area (Å²) in [5.74, 6) is -0.146. The monoisotopic (exact) mass is 266 g/mol. The SMILES string of the molecule is CNC(=O)c1cc(NC2CCCCC2)ccc1Cl. The largest absolute Gasteiger partial charge is 0.382 e. The van der Waals surface area contributed by atoms with Crippen molar-refractivity contribution in [2.45, 2.75) is 38.1 Å². The highest BCUT2D eigenvalue weighted by Crippen LogP contribution is 2.25. The topological polar surface area (TPSA) is 41.1 Å². The van der Waals surface area contributed by atoms with E-state index in [0.29, 0.717) is 16.6 Å². The minimum atomic E-state index is -0.146. The molecule has 3 nitrogen and oxygen atoms in total. The highest BCUT2D eigenvalue weighted by Gasteiger charge is 2.14. The molecule has 1 amide bonds.